The summed E-state index contributed by atoms with van der Waals surface area (Å²) in [5.74, 6) is 0.392. The number of amides is 1. The van der Waals surface area contributed by atoms with Crippen molar-refractivity contribution in [3.63, 3.8) is 0 Å². The molecule has 0 aliphatic carbocycles. The highest BCUT2D eigenvalue weighted by molar-refractivity contribution is 5.92. The van der Waals surface area contributed by atoms with Crippen molar-refractivity contribution in [3.8, 4) is 0 Å². The van der Waals surface area contributed by atoms with Crippen LogP contribution in [0.2, 0.25) is 0 Å². The molecule has 1 amide bonds. The number of hydrogen-bond acceptors (Lipinski definition) is 3. The van der Waals surface area contributed by atoms with E-state index in [1.807, 2.05) is 30.0 Å². The van der Waals surface area contributed by atoms with Gasteiger partial charge in [0.05, 0.1) is 6.54 Å². The summed E-state index contributed by atoms with van der Waals surface area (Å²) >= 11 is 0. The van der Waals surface area contributed by atoms with Crippen LogP contribution in [-0.4, -0.2) is 40.6 Å². The van der Waals surface area contributed by atoms with Crippen molar-refractivity contribution in [2.75, 3.05) is 20.3 Å². The minimum Gasteiger partial charge on any atom is -0.385 e. The minimum atomic E-state index is 0.00534. The third-order valence-electron chi connectivity index (χ3n) is 4.33. The molecule has 3 heterocycles. The quantitative estimate of drug-likeness (QED) is 0.871. The molecule has 0 saturated carbocycles. The Morgan fingerprint density at radius 2 is 2.17 bits per heavy atom. The average molecular weight is 313 g/mol. The molecule has 0 aromatic carbocycles. The second kappa shape index (κ2) is 6.96. The van der Waals surface area contributed by atoms with Gasteiger partial charge in [-0.25, -0.2) is 4.98 Å². The summed E-state index contributed by atoms with van der Waals surface area (Å²) in [5, 5.41) is 0. The number of aryl methyl sites for hydroxylation is 1. The van der Waals surface area contributed by atoms with E-state index in [-0.39, 0.29) is 5.91 Å². The van der Waals surface area contributed by atoms with Crippen molar-refractivity contribution in [1.82, 2.24) is 14.5 Å². The Hall–Kier alpha value is -2.14. The molecule has 2 aromatic heterocycles. The number of hydrogen-bond donors (Lipinski definition) is 0. The van der Waals surface area contributed by atoms with Crippen LogP contribution in [0, 0.1) is 12.8 Å². The normalized spacial score (nSPS) is 17.7. The average Bonchev–Trinajstić information content (AvgIpc) is 2.90. The van der Waals surface area contributed by atoms with Gasteiger partial charge >= 0.3 is 0 Å². The zero-order valence-electron chi connectivity index (χ0n) is 13.7. The van der Waals surface area contributed by atoms with Crippen molar-refractivity contribution in [2.45, 2.75) is 26.4 Å². The second-order valence-electron chi connectivity index (χ2n) is 6.15. The van der Waals surface area contributed by atoms with Gasteiger partial charge in [-0.3, -0.25) is 4.79 Å². The van der Waals surface area contributed by atoms with Gasteiger partial charge in [0.2, 0.25) is 0 Å². The zero-order chi connectivity index (χ0) is 16.2. The van der Waals surface area contributed by atoms with Crippen LogP contribution in [-0.2, 0) is 17.8 Å². The number of fused-ring (bicyclic) bond motifs is 1. The molecule has 0 N–H and O–H groups in total. The van der Waals surface area contributed by atoms with Crippen LogP contribution in [0.4, 0.5) is 0 Å². The summed E-state index contributed by atoms with van der Waals surface area (Å²) in [6.07, 6.45) is 3.03. The predicted molar refractivity (Wildman–Crippen MR) is 88.1 cm³/mol. The Morgan fingerprint density at radius 1 is 1.30 bits per heavy atom. The van der Waals surface area contributed by atoms with E-state index in [1.54, 1.807) is 13.2 Å². The number of carbonyl (C=O) groups excluding carboxylic acids is 1. The van der Waals surface area contributed by atoms with E-state index in [1.165, 1.54) is 5.69 Å². The van der Waals surface area contributed by atoms with Gasteiger partial charge in [-0.2, -0.15) is 0 Å². The highest BCUT2D eigenvalue weighted by atomic mass is 16.5. The molecular formula is C18H23N3O2. The molecule has 5 heteroatoms. The second-order valence-corrected chi connectivity index (χ2v) is 6.15. The lowest BCUT2D eigenvalue weighted by Gasteiger charge is -2.24. The SMILES string of the molecule is COCCC1CN(C(=O)c2cccc(C)n2)Cc2cccn2C1. The van der Waals surface area contributed by atoms with Gasteiger partial charge in [-0.05, 0) is 43.5 Å². The lowest BCUT2D eigenvalue weighted by Crippen LogP contribution is -2.34. The molecule has 2 aromatic rings. The van der Waals surface area contributed by atoms with Gasteiger partial charge in [-0.15, -0.1) is 0 Å². The number of methoxy groups -OCH3 is 1. The number of aromatic nitrogens is 2. The van der Waals surface area contributed by atoms with Crippen molar-refractivity contribution >= 4 is 5.91 Å². The predicted octanol–water partition coefficient (Wildman–Crippen LogP) is 2.50. The number of pyridine rings is 1. The van der Waals surface area contributed by atoms with Gasteiger partial charge in [0.15, 0.2) is 0 Å². The number of rotatable bonds is 4. The molecule has 0 saturated heterocycles. The molecule has 23 heavy (non-hydrogen) atoms. The van der Waals surface area contributed by atoms with Gasteiger partial charge in [0.25, 0.3) is 5.91 Å². The smallest absolute Gasteiger partial charge is 0.272 e. The topological polar surface area (TPSA) is 47.4 Å². The molecule has 3 rings (SSSR count). The lowest BCUT2D eigenvalue weighted by molar-refractivity contribution is 0.0699. The third-order valence-corrected chi connectivity index (χ3v) is 4.33. The third kappa shape index (κ3) is 3.62. The largest absolute Gasteiger partial charge is 0.385 e. The maximum absolute atomic E-state index is 12.9. The van der Waals surface area contributed by atoms with Crippen molar-refractivity contribution < 1.29 is 9.53 Å². The van der Waals surface area contributed by atoms with Gasteiger partial charge in [0.1, 0.15) is 5.69 Å². The van der Waals surface area contributed by atoms with E-state index in [9.17, 15) is 4.79 Å². The van der Waals surface area contributed by atoms with Gasteiger partial charge in [0, 0.05) is 44.4 Å². The Bertz CT molecular complexity index is 680. The first-order valence-corrected chi connectivity index (χ1v) is 8.03. The molecule has 0 bridgehead atoms. The highest BCUT2D eigenvalue weighted by Gasteiger charge is 2.26. The molecule has 0 radical (unpaired) electrons. The van der Waals surface area contributed by atoms with Crippen LogP contribution in [0.5, 0.6) is 0 Å². The lowest BCUT2D eigenvalue weighted by atomic mass is 10.1. The fourth-order valence-corrected chi connectivity index (χ4v) is 3.12. The fraction of sp³-hybridized carbons (Fsp3) is 0.444. The van der Waals surface area contributed by atoms with E-state index in [0.29, 0.717) is 24.8 Å². The molecule has 0 spiro atoms. The summed E-state index contributed by atoms with van der Waals surface area (Å²) in [6.45, 7) is 4.92. The Kier molecular flexibility index (Phi) is 4.76. The molecule has 1 aliphatic rings. The summed E-state index contributed by atoms with van der Waals surface area (Å²) in [4.78, 5) is 19.2. The first kappa shape index (κ1) is 15.7. The molecule has 122 valence electrons. The van der Waals surface area contributed by atoms with E-state index < -0.39 is 0 Å². The fourth-order valence-electron chi connectivity index (χ4n) is 3.12. The monoisotopic (exact) mass is 313 g/mol. The Labute approximate surface area is 136 Å². The van der Waals surface area contributed by atoms with Crippen molar-refractivity contribution in [1.29, 1.82) is 0 Å². The van der Waals surface area contributed by atoms with Crippen LogP contribution in [0.3, 0.4) is 0 Å². The van der Waals surface area contributed by atoms with E-state index in [0.717, 1.165) is 25.2 Å². The number of carbonyl (C=O) groups is 1. The van der Waals surface area contributed by atoms with E-state index in [4.69, 9.17) is 4.74 Å². The highest BCUT2D eigenvalue weighted by Crippen LogP contribution is 2.21. The van der Waals surface area contributed by atoms with E-state index in [2.05, 4.69) is 21.8 Å². The summed E-state index contributed by atoms with van der Waals surface area (Å²) < 4.78 is 7.47. The maximum atomic E-state index is 12.9. The van der Waals surface area contributed by atoms with Crippen molar-refractivity contribution in [3.05, 3.63) is 53.6 Å². The molecule has 1 atom stereocenters. The number of nitrogens with zero attached hydrogens (tertiary/aromatic N) is 3. The van der Waals surface area contributed by atoms with Crippen LogP contribution >= 0.6 is 0 Å². The first-order valence-electron chi connectivity index (χ1n) is 8.03. The van der Waals surface area contributed by atoms with Gasteiger partial charge < -0.3 is 14.2 Å². The number of ether oxygens (including phenoxy) is 1. The molecular weight excluding hydrogens is 290 g/mol. The van der Waals surface area contributed by atoms with Crippen molar-refractivity contribution in [2.24, 2.45) is 5.92 Å². The van der Waals surface area contributed by atoms with E-state index >= 15 is 0 Å². The summed E-state index contributed by atoms with van der Waals surface area (Å²) in [6, 6.07) is 9.72. The molecule has 5 nitrogen and oxygen atoms in total. The van der Waals surface area contributed by atoms with Gasteiger partial charge in [-0.1, -0.05) is 6.07 Å². The van der Waals surface area contributed by atoms with Crippen LogP contribution in [0.15, 0.2) is 36.5 Å². The first-order chi connectivity index (χ1) is 11.2. The zero-order valence-corrected chi connectivity index (χ0v) is 13.7. The Balaban J connectivity index is 1.83. The Morgan fingerprint density at radius 3 is 2.96 bits per heavy atom. The summed E-state index contributed by atoms with van der Waals surface area (Å²) in [7, 11) is 1.72. The minimum absolute atomic E-state index is 0.00534. The molecule has 1 aliphatic heterocycles. The molecule has 0 fully saturated rings. The molecule has 1 unspecified atom stereocenters. The van der Waals surface area contributed by atoms with Crippen LogP contribution in [0.25, 0.3) is 0 Å². The standard InChI is InChI=1S/C18H23N3O2/c1-14-5-3-7-17(19-14)18(22)21-12-15(8-10-23-2)11-20-9-4-6-16(20)13-21/h3-7,9,15H,8,10-13H2,1-2H3. The van der Waals surface area contributed by atoms with Crippen LogP contribution in [0.1, 0.15) is 28.3 Å². The summed E-state index contributed by atoms with van der Waals surface area (Å²) in [5.41, 5.74) is 2.56. The maximum Gasteiger partial charge on any atom is 0.272 e. The van der Waals surface area contributed by atoms with Crippen LogP contribution < -0.4 is 0 Å².